The number of nitrogens with zero attached hydrogens (tertiary/aromatic N) is 1. The molecule has 3 N–H and O–H groups in total. The molecule has 4 nitrogen and oxygen atoms in total. The van der Waals surface area contributed by atoms with Gasteiger partial charge in [0, 0.05) is 12.2 Å². The zero-order chi connectivity index (χ0) is 14.4. The van der Waals surface area contributed by atoms with Gasteiger partial charge in [-0.1, -0.05) is 37.3 Å². The number of benzene rings is 1. The highest BCUT2D eigenvalue weighted by Gasteiger charge is 2.08. The Hall–Kier alpha value is -2.36. The Balaban J connectivity index is 1.82. The molecule has 1 unspecified atom stereocenters. The number of nitrogen functional groups attached to an aromatic ring is 1. The van der Waals surface area contributed by atoms with E-state index in [0.29, 0.717) is 18.2 Å². The molecule has 20 heavy (non-hydrogen) atoms. The highest BCUT2D eigenvalue weighted by Crippen LogP contribution is 2.13. The average Bonchev–Trinajstić information content (AvgIpc) is 2.48. The van der Waals surface area contributed by atoms with E-state index in [4.69, 9.17) is 5.73 Å². The highest BCUT2D eigenvalue weighted by atomic mass is 16.1. The average molecular weight is 269 g/mol. The van der Waals surface area contributed by atoms with Crippen molar-refractivity contribution in [2.45, 2.75) is 19.3 Å². The molecule has 0 bridgehead atoms. The van der Waals surface area contributed by atoms with Crippen LogP contribution in [0.2, 0.25) is 0 Å². The molecule has 0 saturated carbocycles. The summed E-state index contributed by atoms with van der Waals surface area (Å²) < 4.78 is 0. The van der Waals surface area contributed by atoms with Crippen molar-refractivity contribution in [3.05, 3.63) is 59.9 Å². The van der Waals surface area contributed by atoms with Gasteiger partial charge in [0.1, 0.15) is 0 Å². The topological polar surface area (TPSA) is 68.0 Å². The zero-order valence-electron chi connectivity index (χ0n) is 11.5. The standard InChI is InChI=1S/C16H19N3O/c1-12(13-5-3-2-4-6-13)10-19-16(20)9-15-8-7-14(17)11-18-15/h2-8,11-12H,9-10,17H2,1H3,(H,19,20). The van der Waals surface area contributed by atoms with Gasteiger partial charge in [0.25, 0.3) is 0 Å². The molecule has 1 aromatic heterocycles. The van der Waals surface area contributed by atoms with E-state index in [-0.39, 0.29) is 12.3 Å². The van der Waals surface area contributed by atoms with Gasteiger partial charge < -0.3 is 11.1 Å². The number of nitrogens with two attached hydrogens (primary N) is 1. The van der Waals surface area contributed by atoms with E-state index in [1.165, 1.54) is 5.56 Å². The number of rotatable bonds is 5. The first kappa shape index (κ1) is 14.1. The lowest BCUT2D eigenvalue weighted by atomic mass is 10.0. The third-order valence-electron chi connectivity index (χ3n) is 3.16. The minimum Gasteiger partial charge on any atom is -0.397 e. The Labute approximate surface area is 119 Å². The first-order valence-electron chi connectivity index (χ1n) is 6.67. The van der Waals surface area contributed by atoms with Gasteiger partial charge in [-0.15, -0.1) is 0 Å². The molecule has 0 radical (unpaired) electrons. The maximum atomic E-state index is 11.9. The second kappa shape index (κ2) is 6.70. The van der Waals surface area contributed by atoms with Gasteiger partial charge in [-0.05, 0) is 23.6 Å². The van der Waals surface area contributed by atoms with Crippen LogP contribution >= 0.6 is 0 Å². The monoisotopic (exact) mass is 269 g/mol. The van der Waals surface area contributed by atoms with E-state index in [1.807, 2.05) is 18.2 Å². The smallest absolute Gasteiger partial charge is 0.226 e. The summed E-state index contributed by atoms with van der Waals surface area (Å²) >= 11 is 0. The number of hydrogen-bond donors (Lipinski definition) is 2. The van der Waals surface area contributed by atoms with Crippen molar-refractivity contribution >= 4 is 11.6 Å². The summed E-state index contributed by atoms with van der Waals surface area (Å²) in [5, 5.41) is 2.93. The van der Waals surface area contributed by atoms with Crippen LogP contribution in [0.15, 0.2) is 48.7 Å². The Morgan fingerprint density at radius 2 is 2.00 bits per heavy atom. The molecule has 0 aliphatic rings. The summed E-state index contributed by atoms with van der Waals surface area (Å²) in [4.78, 5) is 16.0. The quantitative estimate of drug-likeness (QED) is 0.873. The van der Waals surface area contributed by atoms with Crippen molar-refractivity contribution in [3.8, 4) is 0 Å². The lowest BCUT2D eigenvalue weighted by Crippen LogP contribution is -2.29. The second-order valence-electron chi connectivity index (χ2n) is 4.88. The first-order chi connectivity index (χ1) is 9.65. The number of pyridine rings is 1. The number of carbonyl (C=O) groups excluding carboxylic acids is 1. The Kier molecular flexibility index (Phi) is 4.71. The van der Waals surface area contributed by atoms with Crippen LogP contribution in [-0.2, 0) is 11.2 Å². The molecule has 0 aliphatic carbocycles. The maximum Gasteiger partial charge on any atom is 0.226 e. The molecular formula is C16H19N3O. The van der Waals surface area contributed by atoms with Gasteiger partial charge in [-0.2, -0.15) is 0 Å². The maximum absolute atomic E-state index is 11.9. The van der Waals surface area contributed by atoms with E-state index in [2.05, 4.69) is 29.4 Å². The van der Waals surface area contributed by atoms with Crippen molar-refractivity contribution < 1.29 is 4.79 Å². The zero-order valence-corrected chi connectivity index (χ0v) is 11.5. The normalized spacial score (nSPS) is 11.8. The van der Waals surface area contributed by atoms with Crippen LogP contribution in [0.4, 0.5) is 5.69 Å². The Morgan fingerprint density at radius 3 is 2.65 bits per heavy atom. The molecule has 0 fully saturated rings. The molecule has 1 amide bonds. The van der Waals surface area contributed by atoms with Crippen molar-refractivity contribution in [2.24, 2.45) is 0 Å². The third kappa shape index (κ3) is 4.09. The van der Waals surface area contributed by atoms with Crippen molar-refractivity contribution in [3.63, 3.8) is 0 Å². The highest BCUT2D eigenvalue weighted by molar-refractivity contribution is 5.78. The summed E-state index contributed by atoms with van der Waals surface area (Å²) in [6.45, 7) is 2.72. The second-order valence-corrected chi connectivity index (χ2v) is 4.88. The fraction of sp³-hybridized carbons (Fsp3) is 0.250. The van der Waals surface area contributed by atoms with Gasteiger partial charge in [0.05, 0.1) is 18.3 Å². The number of carbonyl (C=O) groups is 1. The van der Waals surface area contributed by atoms with Crippen molar-refractivity contribution in [2.75, 3.05) is 12.3 Å². The summed E-state index contributed by atoms with van der Waals surface area (Å²) in [7, 11) is 0. The minimum absolute atomic E-state index is 0.0231. The number of amides is 1. The fourth-order valence-corrected chi connectivity index (χ4v) is 1.93. The van der Waals surface area contributed by atoms with Crippen LogP contribution in [0.1, 0.15) is 24.1 Å². The largest absolute Gasteiger partial charge is 0.397 e. The summed E-state index contributed by atoms with van der Waals surface area (Å²) in [5.74, 6) is 0.268. The number of anilines is 1. The number of hydrogen-bond acceptors (Lipinski definition) is 3. The molecular weight excluding hydrogens is 250 g/mol. The van der Waals surface area contributed by atoms with Crippen LogP contribution < -0.4 is 11.1 Å². The number of aromatic nitrogens is 1. The molecule has 0 saturated heterocycles. The van der Waals surface area contributed by atoms with Crippen LogP contribution in [0, 0.1) is 0 Å². The molecule has 104 valence electrons. The predicted octanol–water partition coefficient (Wildman–Crippen LogP) is 2.13. The van der Waals surface area contributed by atoms with Crippen LogP contribution in [0.25, 0.3) is 0 Å². The van der Waals surface area contributed by atoms with Crippen molar-refractivity contribution in [1.29, 1.82) is 0 Å². The Morgan fingerprint density at radius 1 is 1.25 bits per heavy atom. The minimum atomic E-state index is -0.0231. The summed E-state index contributed by atoms with van der Waals surface area (Å²) in [6, 6.07) is 13.7. The van der Waals surface area contributed by atoms with E-state index in [9.17, 15) is 4.79 Å². The fourth-order valence-electron chi connectivity index (χ4n) is 1.93. The van der Waals surface area contributed by atoms with Gasteiger partial charge in [-0.3, -0.25) is 9.78 Å². The van der Waals surface area contributed by atoms with Crippen molar-refractivity contribution in [1.82, 2.24) is 10.3 Å². The Bertz CT molecular complexity index is 552. The van der Waals surface area contributed by atoms with E-state index in [0.717, 1.165) is 5.69 Å². The van der Waals surface area contributed by atoms with Gasteiger partial charge in [0.2, 0.25) is 5.91 Å². The first-order valence-corrected chi connectivity index (χ1v) is 6.67. The molecule has 2 aromatic rings. The summed E-state index contributed by atoms with van der Waals surface area (Å²) in [5.41, 5.74) is 8.11. The molecule has 2 rings (SSSR count). The molecule has 1 heterocycles. The van der Waals surface area contributed by atoms with E-state index in [1.54, 1.807) is 18.3 Å². The van der Waals surface area contributed by atoms with E-state index < -0.39 is 0 Å². The molecule has 1 aromatic carbocycles. The third-order valence-corrected chi connectivity index (χ3v) is 3.16. The molecule has 0 spiro atoms. The lowest BCUT2D eigenvalue weighted by Gasteiger charge is -2.13. The molecule has 1 atom stereocenters. The van der Waals surface area contributed by atoms with Gasteiger partial charge in [0.15, 0.2) is 0 Å². The SMILES string of the molecule is CC(CNC(=O)Cc1ccc(N)cn1)c1ccccc1. The lowest BCUT2D eigenvalue weighted by molar-refractivity contribution is -0.120. The van der Waals surface area contributed by atoms with Crippen LogP contribution in [-0.4, -0.2) is 17.4 Å². The van der Waals surface area contributed by atoms with Gasteiger partial charge in [-0.25, -0.2) is 0 Å². The van der Waals surface area contributed by atoms with E-state index >= 15 is 0 Å². The summed E-state index contributed by atoms with van der Waals surface area (Å²) in [6.07, 6.45) is 1.84. The van der Waals surface area contributed by atoms with Crippen LogP contribution in [0.3, 0.4) is 0 Å². The van der Waals surface area contributed by atoms with Crippen LogP contribution in [0.5, 0.6) is 0 Å². The molecule has 4 heteroatoms. The number of nitrogens with one attached hydrogen (secondary N) is 1. The predicted molar refractivity (Wildman–Crippen MR) is 80.2 cm³/mol. The molecule has 0 aliphatic heterocycles. The van der Waals surface area contributed by atoms with Gasteiger partial charge >= 0.3 is 0 Å².